The Hall–Kier alpha value is -3.33. The number of hydrogen-bond acceptors (Lipinski definition) is 6. The smallest absolute Gasteiger partial charge is 0.269 e. The third-order valence-corrected chi connectivity index (χ3v) is 3.53. The second-order valence-corrected chi connectivity index (χ2v) is 5.42. The van der Waals surface area contributed by atoms with Crippen LogP contribution in [0.3, 0.4) is 0 Å². The molecule has 0 spiro atoms. The van der Waals surface area contributed by atoms with E-state index in [4.69, 9.17) is 5.73 Å². The predicted octanol–water partition coefficient (Wildman–Crippen LogP) is -0.334. The Bertz CT molecular complexity index is 938. The van der Waals surface area contributed by atoms with Gasteiger partial charge in [-0.3, -0.25) is 10.1 Å². The summed E-state index contributed by atoms with van der Waals surface area (Å²) in [5.74, 6) is 0.400. The highest BCUT2D eigenvalue weighted by Gasteiger charge is 2.09. The molecule has 3 rings (SSSR count). The van der Waals surface area contributed by atoms with Crippen molar-refractivity contribution >= 4 is 22.9 Å². The van der Waals surface area contributed by atoms with Crippen LogP contribution in [0, 0.1) is 10.1 Å². The first-order valence-electron chi connectivity index (χ1n) is 7.44. The molecular weight excluding hydrogens is 358 g/mol. The Labute approximate surface area is 155 Å². The van der Waals surface area contributed by atoms with Crippen molar-refractivity contribution in [3.8, 4) is 0 Å². The minimum absolute atomic E-state index is 0. The number of azo groups is 1. The monoisotopic (exact) mass is 373 g/mol. The maximum Gasteiger partial charge on any atom is 0.269 e. The maximum absolute atomic E-state index is 10.6. The number of nitrogens with two attached hydrogens (primary N) is 1. The molecule has 26 heavy (non-hydrogen) atoms. The molecule has 0 bridgehead atoms. The normalized spacial score (nSPS) is 10.7. The van der Waals surface area contributed by atoms with Gasteiger partial charge in [0.2, 0.25) is 0 Å². The van der Waals surface area contributed by atoms with Gasteiger partial charge >= 0.3 is 0 Å². The van der Waals surface area contributed by atoms with Gasteiger partial charge < -0.3 is 18.1 Å². The number of nitrogen functional groups attached to an aromatic ring is 1. The highest BCUT2D eigenvalue weighted by molar-refractivity contribution is 5.56. The molecule has 0 saturated heterocycles. The molecule has 2 aromatic heterocycles. The topological polar surface area (TPSA) is 116 Å². The number of nitro groups is 1. The van der Waals surface area contributed by atoms with E-state index >= 15 is 0 Å². The standard InChI is InChI=1S/C16H16N7O2.ClH/c1-21-8-2-3-12(10-21)11-22-16(17)15(9-18-22)20-19-13-4-6-14(7-5-13)23(24)25;/h2-10H,11,17H2,1H3;1H/q+1;/p-1/b20-19+;. The number of hydrogen-bond donors (Lipinski definition) is 1. The molecule has 2 heterocycles. The fraction of sp³-hybridized carbons (Fsp3) is 0.125. The molecule has 10 heteroatoms. The average Bonchev–Trinajstić information content (AvgIpc) is 2.93. The summed E-state index contributed by atoms with van der Waals surface area (Å²) in [6, 6.07) is 9.72. The van der Waals surface area contributed by atoms with Gasteiger partial charge in [-0.25, -0.2) is 9.25 Å². The van der Waals surface area contributed by atoms with Gasteiger partial charge in [0.15, 0.2) is 12.4 Å². The summed E-state index contributed by atoms with van der Waals surface area (Å²) < 4.78 is 3.59. The number of rotatable bonds is 5. The molecule has 0 amide bonds. The molecule has 0 aliphatic rings. The minimum atomic E-state index is -0.466. The number of benzene rings is 1. The lowest BCUT2D eigenvalue weighted by Crippen LogP contribution is -3.00. The Balaban J connectivity index is 0.00000243. The molecule has 0 saturated carbocycles. The number of anilines is 1. The van der Waals surface area contributed by atoms with Crippen LogP contribution in [0.1, 0.15) is 5.56 Å². The molecular formula is C16H16ClN7O2. The molecule has 0 atom stereocenters. The lowest BCUT2D eigenvalue weighted by molar-refractivity contribution is -0.671. The van der Waals surface area contributed by atoms with E-state index in [-0.39, 0.29) is 18.1 Å². The van der Waals surface area contributed by atoms with Crippen LogP contribution >= 0.6 is 0 Å². The van der Waals surface area contributed by atoms with Crippen molar-refractivity contribution in [3.05, 3.63) is 70.7 Å². The largest absolute Gasteiger partial charge is 1.00 e. The van der Waals surface area contributed by atoms with Crippen LogP contribution in [0.25, 0.3) is 0 Å². The zero-order chi connectivity index (χ0) is 17.8. The van der Waals surface area contributed by atoms with Gasteiger partial charge in [0.05, 0.1) is 23.4 Å². The van der Waals surface area contributed by atoms with Crippen LogP contribution in [0.15, 0.2) is 65.2 Å². The van der Waals surface area contributed by atoms with Crippen molar-refractivity contribution in [2.24, 2.45) is 17.3 Å². The van der Waals surface area contributed by atoms with Crippen LogP contribution < -0.4 is 22.7 Å². The second-order valence-electron chi connectivity index (χ2n) is 5.42. The summed E-state index contributed by atoms with van der Waals surface area (Å²) >= 11 is 0. The summed E-state index contributed by atoms with van der Waals surface area (Å²) in [4.78, 5) is 10.2. The number of aryl methyl sites for hydroxylation is 1. The van der Waals surface area contributed by atoms with Gasteiger partial charge in [0.1, 0.15) is 18.6 Å². The SMILES string of the molecule is C[n+]1cccc(Cn2ncc(/N=N/c3ccc([N+](=O)[O-])cc3)c2N)c1.[Cl-]. The molecule has 0 fully saturated rings. The Morgan fingerprint density at radius 3 is 2.65 bits per heavy atom. The summed E-state index contributed by atoms with van der Waals surface area (Å²) in [6.45, 7) is 0.521. The van der Waals surface area contributed by atoms with Gasteiger partial charge in [-0.1, -0.05) is 0 Å². The summed E-state index contributed by atoms with van der Waals surface area (Å²) in [7, 11) is 1.94. The maximum atomic E-state index is 10.6. The molecule has 0 unspecified atom stereocenters. The number of non-ortho nitro benzene ring substituents is 1. The van der Waals surface area contributed by atoms with E-state index < -0.39 is 4.92 Å². The van der Waals surface area contributed by atoms with E-state index in [9.17, 15) is 10.1 Å². The Morgan fingerprint density at radius 2 is 2.00 bits per heavy atom. The number of aromatic nitrogens is 3. The molecule has 0 aliphatic heterocycles. The molecule has 3 aromatic rings. The van der Waals surface area contributed by atoms with Crippen LogP contribution in [-0.4, -0.2) is 14.7 Å². The van der Waals surface area contributed by atoms with Crippen molar-refractivity contribution in [2.75, 3.05) is 5.73 Å². The Morgan fingerprint density at radius 1 is 1.27 bits per heavy atom. The highest BCUT2D eigenvalue weighted by Crippen LogP contribution is 2.25. The molecule has 134 valence electrons. The second kappa shape index (κ2) is 8.17. The van der Waals surface area contributed by atoms with Crippen LogP contribution in [-0.2, 0) is 13.6 Å². The first-order valence-corrected chi connectivity index (χ1v) is 7.44. The zero-order valence-electron chi connectivity index (χ0n) is 13.9. The predicted molar refractivity (Wildman–Crippen MR) is 90.6 cm³/mol. The number of halogens is 1. The van der Waals surface area contributed by atoms with E-state index in [2.05, 4.69) is 15.3 Å². The third-order valence-electron chi connectivity index (χ3n) is 3.53. The van der Waals surface area contributed by atoms with Crippen molar-refractivity contribution in [3.63, 3.8) is 0 Å². The number of nitrogens with zero attached hydrogens (tertiary/aromatic N) is 6. The molecule has 0 aliphatic carbocycles. The summed E-state index contributed by atoms with van der Waals surface area (Å²) in [5, 5.41) is 23.0. The summed E-state index contributed by atoms with van der Waals surface area (Å²) in [6.07, 6.45) is 5.46. The van der Waals surface area contributed by atoms with E-state index in [1.54, 1.807) is 4.68 Å². The van der Waals surface area contributed by atoms with Crippen LogP contribution in [0.4, 0.5) is 22.9 Å². The van der Waals surface area contributed by atoms with E-state index in [0.29, 0.717) is 23.7 Å². The van der Waals surface area contributed by atoms with E-state index in [1.807, 2.05) is 36.1 Å². The third kappa shape index (κ3) is 4.39. The average molecular weight is 374 g/mol. The van der Waals surface area contributed by atoms with Crippen LogP contribution in [0.2, 0.25) is 0 Å². The fourth-order valence-electron chi connectivity index (χ4n) is 2.26. The molecule has 2 N–H and O–H groups in total. The van der Waals surface area contributed by atoms with Crippen LogP contribution in [0.5, 0.6) is 0 Å². The molecule has 9 nitrogen and oxygen atoms in total. The molecule has 0 radical (unpaired) electrons. The first-order chi connectivity index (χ1) is 12.0. The number of pyridine rings is 1. The Kier molecular flexibility index (Phi) is 5.97. The highest BCUT2D eigenvalue weighted by atomic mass is 35.5. The van der Waals surface area contributed by atoms with Crippen molar-refractivity contribution in [1.29, 1.82) is 0 Å². The lowest BCUT2D eigenvalue weighted by Gasteiger charge is -2.02. The van der Waals surface area contributed by atoms with Crippen molar-refractivity contribution in [2.45, 2.75) is 6.54 Å². The fourth-order valence-corrected chi connectivity index (χ4v) is 2.26. The van der Waals surface area contributed by atoms with E-state index in [1.165, 1.54) is 30.5 Å². The van der Waals surface area contributed by atoms with Gasteiger partial charge in [-0.2, -0.15) is 10.2 Å². The van der Waals surface area contributed by atoms with Crippen molar-refractivity contribution in [1.82, 2.24) is 9.78 Å². The molecule has 1 aromatic carbocycles. The van der Waals surface area contributed by atoms with E-state index in [0.717, 1.165) is 5.56 Å². The minimum Gasteiger partial charge on any atom is -1.00 e. The summed E-state index contributed by atoms with van der Waals surface area (Å²) in [5.41, 5.74) is 8.06. The van der Waals surface area contributed by atoms with Crippen molar-refractivity contribution < 1.29 is 21.9 Å². The first kappa shape index (κ1) is 19.0. The van der Waals surface area contributed by atoms with Gasteiger partial charge in [-0.15, -0.1) is 5.11 Å². The van der Waals surface area contributed by atoms with Gasteiger partial charge in [0.25, 0.3) is 5.69 Å². The van der Waals surface area contributed by atoms with Gasteiger partial charge in [-0.05, 0) is 18.2 Å². The zero-order valence-corrected chi connectivity index (χ0v) is 14.6. The number of nitro benzene ring substituents is 1. The lowest BCUT2D eigenvalue weighted by atomic mass is 10.3. The van der Waals surface area contributed by atoms with Gasteiger partial charge in [0, 0.05) is 23.8 Å². The quantitative estimate of drug-likeness (QED) is 0.285.